The second-order valence-electron chi connectivity index (χ2n) is 6.50. The van der Waals surface area contributed by atoms with Gasteiger partial charge in [0.15, 0.2) is 6.61 Å². The average molecular weight is 404 g/mol. The van der Waals surface area contributed by atoms with Crippen LogP contribution in [0.15, 0.2) is 27.4 Å². The number of nitrogens with one attached hydrogen (secondary N) is 2. The predicted molar refractivity (Wildman–Crippen MR) is 105 cm³/mol. The fourth-order valence-corrected chi connectivity index (χ4v) is 2.75. The molecule has 0 fully saturated rings. The normalized spacial score (nSPS) is 10.6. The van der Waals surface area contributed by atoms with E-state index < -0.39 is 30.0 Å². The largest absolute Gasteiger partial charge is 0.483 e. The summed E-state index contributed by atoms with van der Waals surface area (Å²) in [5.74, 6) is -1.96. The number of carboxylic acids is 1. The van der Waals surface area contributed by atoms with Gasteiger partial charge in [-0.05, 0) is 37.5 Å². The third-order valence-electron chi connectivity index (χ3n) is 4.24. The smallest absolute Gasteiger partial charge is 0.336 e. The quantitative estimate of drug-likeness (QED) is 0.505. The zero-order chi connectivity index (χ0) is 21.4. The maximum atomic E-state index is 11.9. The van der Waals surface area contributed by atoms with Gasteiger partial charge >= 0.3 is 11.6 Å². The lowest BCUT2D eigenvalue weighted by Gasteiger charge is -2.12. The van der Waals surface area contributed by atoms with Gasteiger partial charge in [-0.1, -0.05) is 13.3 Å². The summed E-state index contributed by atoms with van der Waals surface area (Å²) in [5.41, 5.74) is 1.51. The van der Waals surface area contributed by atoms with E-state index in [1.807, 2.05) is 0 Å². The van der Waals surface area contributed by atoms with Gasteiger partial charge in [0, 0.05) is 17.0 Å². The van der Waals surface area contributed by atoms with Crippen LogP contribution in [-0.4, -0.2) is 42.6 Å². The highest BCUT2D eigenvalue weighted by Crippen LogP contribution is 2.29. The molecule has 0 aliphatic rings. The molecule has 0 atom stereocenters. The van der Waals surface area contributed by atoms with Crippen LogP contribution in [0.5, 0.6) is 5.75 Å². The monoisotopic (exact) mass is 404 g/mol. The van der Waals surface area contributed by atoms with Crippen LogP contribution in [0.4, 0.5) is 0 Å². The Morgan fingerprint density at radius 3 is 2.55 bits per heavy atom. The Morgan fingerprint density at radius 1 is 1.14 bits per heavy atom. The third kappa shape index (κ3) is 6.34. The van der Waals surface area contributed by atoms with Gasteiger partial charge in [-0.3, -0.25) is 14.4 Å². The molecular formula is C20H24N2O7. The molecule has 0 aliphatic carbocycles. The lowest BCUT2D eigenvalue weighted by atomic mass is 10.0. The minimum Gasteiger partial charge on any atom is -0.483 e. The van der Waals surface area contributed by atoms with Gasteiger partial charge in [-0.25, -0.2) is 4.79 Å². The summed E-state index contributed by atoms with van der Waals surface area (Å²) in [6, 6.07) is 5.00. The number of benzene rings is 1. The molecule has 2 rings (SSSR count). The first-order valence-electron chi connectivity index (χ1n) is 9.26. The number of carbonyl (C=O) groups excluding carboxylic acids is 2. The molecule has 9 nitrogen and oxygen atoms in total. The third-order valence-corrected chi connectivity index (χ3v) is 4.24. The van der Waals surface area contributed by atoms with Crippen molar-refractivity contribution in [2.24, 2.45) is 0 Å². The van der Waals surface area contributed by atoms with Crippen molar-refractivity contribution >= 4 is 28.8 Å². The Morgan fingerprint density at radius 2 is 1.86 bits per heavy atom. The number of aliphatic carboxylic acids is 1. The Balaban J connectivity index is 2.02. The Labute approximate surface area is 167 Å². The summed E-state index contributed by atoms with van der Waals surface area (Å²) in [7, 11) is 0. The Bertz CT molecular complexity index is 965. The zero-order valence-electron chi connectivity index (χ0n) is 16.4. The number of hydrogen-bond acceptors (Lipinski definition) is 6. The number of rotatable bonds is 10. The predicted octanol–water partition coefficient (Wildman–Crippen LogP) is 1.14. The maximum Gasteiger partial charge on any atom is 0.336 e. The number of ether oxygens (including phenoxy) is 1. The second kappa shape index (κ2) is 10.3. The molecule has 0 bridgehead atoms. The highest BCUT2D eigenvalue weighted by molar-refractivity contribution is 5.87. The average Bonchev–Trinajstić information content (AvgIpc) is 2.68. The molecule has 1 aromatic heterocycles. The van der Waals surface area contributed by atoms with Crippen LogP contribution < -0.4 is 21.0 Å². The van der Waals surface area contributed by atoms with Gasteiger partial charge in [-0.15, -0.1) is 0 Å². The highest BCUT2D eigenvalue weighted by Gasteiger charge is 2.13. The Kier molecular flexibility index (Phi) is 7.76. The van der Waals surface area contributed by atoms with Crippen LogP contribution in [-0.2, 0) is 20.8 Å². The van der Waals surface area contributed by atoms with Gasteiger partial charge < -0.3 is 24.9 Å². The number of carboxylic acid groups (broad SMARTS) is 1. The number of unbranched alkanes of at least 4 members (excludes halogenated alkanes) is 1. The van der Waals surface area contributed by atoms with Gasteiger partial charge in [0.25, 0.3) is 5.91 Å². The van der Waals surface area contributed by atoms with Crippen molar-refractivity contribution in [2.75, 3.05) is 19.7 Å². The van der Waals surface area contributed by atoms with Crippen LogP contribution in [0, 0.1) is 6.92 Å². The summed E-state index contributed by atoms with van der Waals surface area (Å²) in [6.07, 6.45) is 2.73. The van der Waals surface area contributed by atoms with E-state index in [2.05, 4.69) is 17.6 Å². The summed E-state index contributed by atoms with van der Waals surface area (Å²) < 4.78 is 10.8. The van der Waals surface area contributed by atoms with Crippen LogP contribution in [0.25, 0.3) is 11.0 Å². The minimum atomic E-state index is -1.18. The molecule has 0 unspecified atom stereocenters. The van der Waals surface area contributed by atoms with Gasteiger partial charge in [0.05, 0.1) is 6.54 Å². The Hall–Kier alpha value is -3.36. The van der Waals surface area contributed by atoms with Crippen molar-refractivity contribution in [1.82, 2.24) is 10.6 Å². The van der Waals surface area contributed by atoms with Crippen LogP contribution >= 0.6 is 0 Å². The molecule has 1 heterocycles. The van der Waals surface area contributed by atoms with E-state index in [0.29, 0.717) is 16.9 Å². The van der Waals surface area contributed by atoms with E-state index in [4.69, 9.17) is 14.3 Å². The first kappa shape index (κ1) is 21.9. The first-order chi connectivity index (χ1) is 13.8. The molecule has 0 radical (unpaired) electrons. The van der Waals surface area contributed by atoms with Crippen LogP contribution in [0.2, 0.25) is 0 Å². The molecule has 0 saturated heterocycles. The highest BCUT2D eigenvalue weighted by atomic mass is 16.5. The molecule has 0 aliphatic heterocycles. The van der Waals surface area contributed by atoms with Crippen molar-refractivity contribution in [3.63, 3.8) is 0 Å². The van der Waals surface area contributed by atoms with E-state index in [1.54, 1.807) is 19.1 Å². The fourth-order valence-electron chi connectivity index (χ4n) is 2.75. The van der Waals surface area contributed by atoms with E-state index in [9.17, 15) is 19.2 Å². The van der Waals surface area contributed by atoms with Gasteiger partial charge in [0.1, 0.15) is 17.9 Å². The van der Waals surface area contributed by atoms with E-state index in [-0.39, 0.29) is 13.2 Å². The van der Waals surface area contributed by atoms with Crippen molar-refractivity contribution < 1.29 is 28.6 Å². The van der Waals surface area contributed by atoms with Gasteiger partial charge in [0.2, 0.25) is 5.91 Å². The number of carbonyl (C=O) groups is 3. The minimum absolute atomic E-state index is 0.349. The fraction of sp³-hybridized carbons (Fsp3) is 0.400. The molecule has 29 heavy (non-hydrogen) atoms. The molecule has 2 aromatic rings. The number of amides is 2. The van der Waals surface area contributed by atoms with E-state index in [0.717, 1.165) is 30.2 Å². The topological polar surface area (TPSA) is 135 Å². The number of fused-ring (bicyclic) bond motifs is 1. The summed E-state index contributed by atoms with van der Waals surface area (Å²) >= 11 is 0. The molecule has 0 spiro atoms. The van der Waals surface area contributed by atoms with Crippen LogP contribution in [0.3, 0.4) is 0 Å². The number of hydrogen-bond donors (Lipinski definition) is 3. The molecule has 9 heteroatoms. The summed E-state index contributed by atoms with van der Waals surface area (Å²) in [5, 5.41) is 13.8. The zero-order valence-corrected chi connectivity index (χ0v) is 16.4. The molecule has 0 saturated carbocycles. The molecular weight excluding hydrogens is 380 g/mol. The standard InChI is InChI=1S/C20H24N2O7/c1-3-4-5-13-8-19(27)29-20-12(2)15(7-6-14(13)20)28-11-17(24)21-9-16(23)22-10-18(25)26/h6-8H,3-5,9-11H2,1-2H3,(H,21,24)(H,22,23)(H,25,26). The van der Waals surface area contributed by atoms with Crippen LogP contribution in [0.1, 0.15) is 30.9 Å². The van der Waals surface area contributed by atoms with Crippen molar-refractivity contribution in [3.05, 3.63) is 39.7 Å². The van der Waals surface area contributed by atoms with E-state index in [1.165, 1.54) is 6.07 Å². The maximum absolute atomic E-state index is 11.9. The molecule has 156 valence electrons. The lowest BCUT2D eigenvalue weighted by molar-refractivity contribution is -0.137. The molecule has 3 N–H and O–H groups in total. The first-order valence-corrected chi connectivity index (χ1v) is 9.26. The number of aryl methyl sites for hydroxylation is 2. The SMILES string of the molecule is CCCCc1cc(=O)oc2c(C)c(OCC(=O)NCC(=O)NCC(=O)O)ccc12. The lowest BCUT2D eigenvalue weighted by Crippen LogP contribution is -2.40. The van der Waals surface area contributed by atoms with E-state index >= 15 is 0 Å². The summed E-state index contributed by atoms with van der Waals surface area (Å²) in [4.78, 5) is 45.5. The van der Waals surface area contributed by atoms with Crippen molar-refractivity contribution in [3.8, 4) is 5.75 Å². The summed E-state index contributed by atoms with van der Waals surface area (Å²) in [6.45, 7) is 2.58. The van der Waals surface area contributed by atoms with Crippen molar-refractivity contribution in [2.45, 2.75) is 33.1 Å². The molecule has 2 amide bonds. The van der Waals surface area contributed by atoms with Gasteiger partial charge in [-0.2, -0.15) is 0 Å². The van der Waals surface area contributed by atoms with Crippen molar-refractivity contribution in [1.29, 1.82) is 0 Å². The second-order valence-corrected chi connectivity index (χ2v) is 6.50. The molecule has 1 aromatic carbocycles.